The summed E-state index contributed by atoms with van der Waals surface area (Å²) in [5, 5.41) is 3.14. The normalized spacial score (nSPS) is 11.8. The average Bonchev–Trinajstić information content (AvgIpc) is 2.52. The molecule has 23 heavy (non-hydrogen) atoms. The van der Waals surface area contributed by atoms with Gasteiger partial charge in [-0.3, -0.25) is 4.79 Å². The molecule has 0 saturated carbocycles. The van der Waals surface area contributed by atoms with E-state index in [4.69, 9.17) is 22.1 Å². The van der Waals surface area contributed by atoms with Crippen LogP contribution in [0.4, 0.5) is 11.4 Å². The SMILES string of the molecule is CCC(Sc1cccc(N)c1)C(=O)Nc1ccc(OC)c(Cl)c1. The molecule has 2 rings (SSSR count). The third-order valence-electron chi connectivity index (χ3n) is 3.22. The van der Waals surface area contributed by atoms with Crippen LogP contribution in [0, 0.1) is 0 Å². The van der Waals surface area contributed by atoms with Gasteiger partial charge in [0.1, 0.15) is 5.75 Å². The second kappa shape index (κ2) is 8.13. The molecule has 4 nitrogen and oxygen atoms in total. The van der Waals surface area contributed by atoms with Crippen molar-refractivity contribution < 1.29 is 9.53 Å². The van der Waals surface area contributed by atoms with Crippen LogP contribution in [0.5, 0.6) is 5.75 Å². The van der Waals surface area contributed by atoms with E-state index < -0.39 is 0 Å². The van der Waals surface area contributed by atoms with Crippen molar-refractivity contribution in [2.24, 2.45) is 0 Å². The van der Waals surface area contributed by atoms with Gasteiger partial charge >= 0.3 is 0 Å². The first-order valence-electron chi connectivity index (χ1n) is 7.20. The quantitative estimate of drug-likeness (QED) is 0.597. The predicted octanol–water partition coefficient (Wildman–Crippen LogP) is 4.44. The third kappa shape index (κ3) is 4.81. The number of carbonyl (C=O) groups excluding carboxylic acids is 1. The molecule has 1 amide bonds. The fraction of sp³-hybridized carbons (Fsp3) is 0.235. The summed E-state index contributed by atoms with van der Waals surface area (Å²) in [5.74, 6) is 0.506. The van der Waals surface area contributed by atoms with E-state index in [0.717, 1.165) is 4.90 Å². The molecule has 2 aromatic rings. The summed E-state index contributed by atoms with van der Waals surface area (Å²) in [6, 6.07) is 12.7. The zero-order valence-corrected chi connectivity index (χ0v) is 14.6. The molecule has 0 aromatic heterocycles. The smallest absolute Gasteiger partial charge is 0.237 e. The molecule has 6 heteroatoms. The number of rotatable bonds is 6. The molecule has 2 aromatic carbocycles. The van der Waals surface area contributed by atoms with Crippen LogP contribution in [0.2, 0.25) is 5.02 Å². The highest BCUT2D eigenvalue weighted by Crippen LogP contribution is 2.30. The van der Waals surface area contributed by atoms with Crippen molar-refractivity contribution in [3.05, 3.63) is 47.5 Å². The molecule has 0 bridgehead atoms. The zero-order valence-electron chi connectivity index (χ0n) is 13.0. The minimum atomic E-state index is -0.210. The molecule has 0 radical (unpaired) electrons. The Bertz CT molecular complexity index is 694. The van der Waals surface area contributed by atoms with Crippen molar-refractivity contribution in [2.45, 2.75) is 23.5 Å². The number of anilines is 2. The van der Waals surface area contributed by atoms with Gasteiger partial charge in [-0.25, -0.2) is 0 Å². The first-order valence-corrected chi connectivity index (χ1v) is 8.46. The van der Waals surface area contributed by atoms with Crippen LogP contribution < -0.4 is 15.8 Å². The lowest BCUT2D eigenvalue weighted by molar-refractivity contribution is -0.115. The van der Waals surface area contributed by atoms with Gasteiger partial charge in [-0.15, -0.1) is 11.8 Å². The number of nitrogens with two attached hydrogens (primary N) is 1. The first-order chi connectivity index (χ1) is 11.0. The number of hydrogen-bond donors (Lipinski definition) is 2. The highest BCUT2D eigenvalue weighted by Gasteiger charge is 2.18. The van der Waals surface area contributed by atoms with Gasteiger partial charge in [0.25, 0.3) is 0 Å². The summed E-state index contributed by atoms with van der Waals surface area (Å²) >= 11 is 7.57. The fourth-order valence-electron chi connectivity index (χ4n) is 2.04. The highest BCUT2D eigenvalue weighted by atomic mass is 35.5. The van der Waals surface area contributed by atoms with Crippen molar-refractivity contribution in [1.29, 1.82) is 0 Å². The molecule has 122 valence electrons. The Morgan fingerprint density at radius 3 is 2.74 bits per heavy atom. The molecule has 0 heterocycles. The summed E-state index contributed by atoms with van der Waals surface area (Å²) in [6.45, 7) is 1.98. The molecule has 0 aliphatic heterocycles. The lowest BCUT2D eigenvalue weighted by Crippen LogP contribution is -2.24. The average molecular weight is 351 g/mol. The minimum Gasteiger partial charge on any atom is -0.495 e. The van der Waals surface area contributed by atoms with Crippen LogP contribution in [0.15, 0.2) is 47.4 Å². The fourth-order valence-corrected chi connectivity index (χ4v) is 3.32. The number of nitrogens with one attached hydrogen (secondary N) is 1. The van der Waals surface area contributed by atoms with Crippen LogP contribution in [0.3, 0.4) is 0 Å². The van der Waals surface area contributed by atoms with Crippen molar-refractivity contribution in [1.82, 2.24) is 0 Å². The van der Waals surface area contributed by atoms with E-state index in [9.17, 15) is 4.79 Å². The number of amides is 1. The van der Waals surface area contributed by atoms with Gasteiger partial charge < -0.3 is 15.8 Å². The monoisotopic (exact) mass is 350 g/mol. The molecule has 3 N–H and O–H groups in total. The Morgan fingerprint density at radius 2 is 2.13 bits per heavy atom. The topological polar surface area (TPSA) is 64.4 Å². The number of halogens is 1. The summed E-state index contributed by atoms with van der Waals surface area (Å²) in [6.07, 6.45) is 0.704. The van der Waals surface area contributed by atoms with Gasteiger partial charge in [0.2, 0.25) is 5.91 Å². The third-order valence-corrected chi connectivity index (χ3v) is 4.87. The van der Waals surface area contributed by atoms with E-state index in [1.807, 2.05) is 31.2 Å². The van der Waals surface area contributed by atoms with Gasteiger partial charge in [0, 0.05) is 16.3 Å². The number of carbonyl (C=O) groups is 1. The molecule has 0 spiro atoms. The zero-order chi connectivity index (χ0) is 16.8. The van der Waals surface area contributed by atoms with E-state index in [0.29, 0.717) is 28.6 Å². The summed E-state index contributed by atoms with van der Waals surface area (Å²) < 4.78 is 5.10. The van der Waals surface area contributed by atoms with Gasteiger partial charge in [0.05, 0.1) is 17.4 Å². The predicted molar refractivity (Wildman–Crippen MR) is 97.4 cm³/mol. The van der Waals surface area contributed by atoms with Crippen LogP contribution in [-0.2, 0) is 4.79 Å². The summed E-state index contributed by atoms with van der Waals surface area (Å²) in [4.78, 5) is 13.4. The molecule has 1 unspecified atom stereocenters. The Balaban J connectivity index is 2.06. The van der Waals surface area contributed by atoms with Gasteiger partial charge in [-0.1, -0.05) is 24.6 Å². The van der Waals surface area contributed by atoms with Gasteiger partial charge in [-0.2, -0.15) is 0 Å². The second-order valence-corrected chi connectivity index (χ2v) is 6.61. The van der Waals surface area contributed by atoms with Crippen LogP contribution in [0.25, 0.3) is 0 Å². The number of ether oxygens (including phenoxy) is 1. The Labute approximate surface area is 145 Å². The van der Waals surface area contributed by atoms with E-state index in [1.54, 1.807) is 25.3 Å². The maximum Gasteiger partial charge on any atom is 0.237 e. The van der Waals surface area contributed by atoms with Crippen LogP contribution in [-0.4, -0.2) is 18.3 Å². The van der Waals surface area contributed by atoms with Crippen molar-refractivity contribution in [3.8, 4) is 5.75 Å². The molecule has 0 aliphatic rings. The van der Waals surface area contributed by atoms with Crippen molar-refractivity contribution >= 4 is 40.6 Å². The molecular formula is C17H19ClN2O2S. The first kappa shape index (κ1) is 17.5. The lowest BCUT2D eigenvalue weighted by Gasteiger charge is -2.15. The van der Waals surface area contributed by atoms with E-state index >= 15 is 0 Å². The van der Waals surface area contributed by atoms with E-state index in [-0.39, 0.29) is 11.2 Å². The van der Waals surface area contributed by atoms with Crippen molar-refractivity contribution in [2.75, 3.05) is 18.2 Å². The van der Waals surface area contributed by atoms with E-state index in [1.165, 1.54) is 11.8 Å². The molecule has 1 atom stereocenters. The van der Waals surface area contributed by atoms with Crippen LogP contribution in [0.1, 0.15) is 13.3 Å². The van der Waals surface area contributed by atoms with Crippen LogP contribution >= 0.6 is 23.4 Å². The summed E-state index contributed by atoms with van der Waals surface area (Å²) in [7, 11) is 1.55. The maximum absolute atomic E-state index is 12.5. The minimum absolute atomic E-state index is 0.0684. The number of thioether (sulfide) groups is 1. The van der Waals surface area contributed by atoms with E-state index in [2.05, 4.69) is 5.32 Å². The lowest BCUT2D eigenvalue weighted by atomic mass is 10.2. The maximum atomic E-state index is 12.5. The largest absolute Gasteiger partial charge is 0.495 e. The number of methoxy groups -OCH3 is 1. The molecule has 0 fully saturated rings. The van der Waals surface area contributed by atoms with Crippen molar-refractivity contribution in [3.63, 3.8) is 0 Å². The Kier molecular flexibility index (Phi) is 6.19. The number of benzene rings is 2. The number of nitrogen functional groups attached to an aromatic ring is 1. The standard InChI is InChI=1S/C17H19ClN2O2S/c1-3-16(23-13-6-4-5-11(19)9-13)17(21)20-12-7-8-15(22-2)14(18)10-12/h4-10,16H,3,19H2,1-2H3,(H,20,21). The second-order valence-electron chi connectivity index (χ2n) is 4.93. The summed E-state index contributed by atoms with van der Waals surface area (Å²) in [5.41, 5.74) is 7.11. The Morgan fingerprint density at radius 1 is 1.35 bits per heavy atom. The molecule has 0 aliphatic carbocycles. The highest BCUT2D eigenvalue weighted by molar-refractivity contribution is 8.00. The Hall–Kier alpha value is -1.85. The molecular weight excluding hydrogens is 332 g/mol. The molecule has 0 saturated heterocycles. The van der Waals surface area contributed by atoms with Gasteiger partial charge in [0.15, 0.2) is 0 Å². The number of hydrogen-bond acceptors (Lipinski definition) is 4. The van der Waals surface area contributed by atoms with Gasteiger partial charge in [-0.05, 0) is 42.8 Å².